The number of amides is 1. The molecule has 0 fully saturated rings. The van der Waals surface area contributed by atoms with Crippen molar-refractivity contribution in [2.24, 2.45) is 5.73 Å². The molecule has 1 aromatic carbocycles. The highest BCUT2D eigenvalue weighted by molar-refractivity contribution is 5.75. The SMILES string of the molecule is CCCCN(CC(N)=O)Cc1ccc(-n2cccn2)cc1. The molecule has 2 aromatic rings. The second-order valence-electron chi connectivity index (χ2n) is 5.15. The predicted octanol–water partition coefficient (Wildman–Crippen LogP) is 1.96. The lowest BCUT2D eigenvalue weighted by Gasteiger charge is -2.20. The molecule has 0 saturated heterocycles. The first-order valence-electron chi connectivity index (χ1n) is 7.28. The summed E-state index contributed by atoms with van der Waals surface area (Å²) in [6, 6.07) is 10.1. The summed E-state index contributed by atoms with van der Waals surface area (Å²) in [5.74, 6) is -0.278. The third kappa shape index (κ3) is 4.72. The average Bonchev–Trinajstić information content (AvgIpc) is 2.99. The van der Waals surface area contributed by atoms with Crippen LogP contribution in [0.25, 0.3) is 5.69 Å². The molecule has 0 radical (unpaired) electrons. The Labute approximate surface area is 125 Å². The van der Waals surface area contributed by atoms with E-state index < -0.39 is 0 Å². The molecule has 112 valence electrons. The Bertz CT molecular complexity index is 548. The van der Waals surface area contributed by atoms with Crippen molar-refractivity contribution in [2.75, 3.05) is 13.1 Å². The summed E-state index contributed by atoms with van der Waals surface area (Å²) in [4.78, 5) is 13.2. The van der Waals surface area contributed by atoms with Gasteiger partial charge in [-0.15, -0.1) is 0 Å². The van der Waals surface area contributed by atoms with Crippen molar-refractivity contribution in [2.45, 2.75) is 26.3 Å². The number of nitrogens with zero attached hydrogens (tertiary/aromatic N) is 3. The molecule has 2 rings (SSSR count). The molecule has 21 heavy (non-hydrogen) atoms. The van der Waals surface area contributed by atoms with Gasteiger partial charge in [0.25, 0.3) is 0 Å². The monoisotopic (exact) mass is 286 g/mol. The minimum atomic E-state index is -0.278. The zero-order valence-electron chi connectivity index (χ0n) is 12.4. The highest BCUT2D eigenvalue weighted by Crippen LogP contribution is 2.11. The fraction of sp³-hybridized carbons (Fsp3) is 0.375. The van der Waals surface area contributed by atoms with Crippen molar-refractivity contribution in [3.8, 4) is 5.69 Å². The van der Waals surface area contributed by atoms with Crippen molar-refractivity contribution < 1.29 is 4.79 Å². The Kier molecular flexibility index (Phi) is 5.51. The Balaban J connectivity index is 2.01. The quantitative estimate of drug-likeness (QED) is 0.807. The molecule has 0 aliphatic rings. The van der Waals surface area contributed by atoms with Gasteiger partial charge in [0.2, 0.25) is 5.91 Å². The molecule has 0 spiro atoms. The van der Waals surface area contributed by atoms with E-state index in [0.29, 0.717) is 6.54 Å². The fourth-order valence-corrected chi connectivity index (χ4v) is 2.25. The van der Waals surface area contributed by atoms with Gasteiger partial charge in [-0.1, -0.05) is 25.5 Å². The van der Waals surface area contributed by atoms with Crippen LogP contribution in [0.5, 0.6) is 0 Å². The van der Waals surface area contributed by atoms with Crippen molar-refractivity contribution in [1.29, 1.82) is 0 Å². The molecule has 0 unspecified atom stereocenters. The highest BCUT2D eigenvalue weighted by Gasteiger charge is 2.08. The van der Waals surface area contributed by atoms with Gasteiger partial charge < -0.3 is 5.73 Å². The van der Waals surface area contributed by atoms with Crippen molar-refractivity contribution in [3.05, 3.63) is 48.3 Å². The van der Waals surface area contributed by atoms with Gasteiger partial charge in [-0.25, -0.2) is 4.68 Å². The third-order valence-electron chi connectivity index (χ3n) is 3.32. The van der Waals surface area contributed by atoms with E-state index >= 15 is 0 Å². The molecule has 5 heteroatoms. The molecule has 0 aliphatic carbocycles. The molecule has 1 heterocycles. The lowest BCUT2D eigenvalue weighted by molar-refractivity contribution is -0.119. The van der Waals surface area contributed by atoms with Crippen molar-refractivity contribution in [3.63, 3.8) is 0 Å². The van der Waals surface area contributed by atoms with Crippen LogP contribution in [0, 0.1) is 0 Å². The van der Waals surface area contributed by atoms with Gasteiger partial charge in [0.15, 0.2) is 0 Å². The Morgan fingerprint density at radius 3 is 2.67 bits per heavy atom. The van der Waals surface area contributed by atoms with Gasteiger partial charge in [-0.05, 0) is 36.7 Å². The van der Waals surface area contributed by atoms with Gasteiger partial charge in [0, 0.05) is 18.9 Å². The van der Waals surface area contributed by atoms with Crippen molar-refractivity contribution >= 4 is 5.91 Å². The molecule has 1 amide bonds. The van der Waals surface area contributed by atoms with E-state index in [4.69, 9.17) is 5.73 Å². The maximum atomic E-state index is 11.1. The minimum Gasteiger partial charge on any atom is -0.369 e. The first-order chi connectivity index (χ1) is 10.2. The second-order valence-corrected chi connectivity index (χ2v) is 5.15. The number of nitrogens with two attached hydrogens (primary N) is 1. The largest absolute Gasteiger partial charge is 0.369 e. The summed E-state index contributed by atoms with van der Waals surface area (Å²) in [5, 5.41) is 4.20. The van der Waals surface area contributed by atoms with E-state index in [2.05, 4.69) is 29.1 Å². The molecule has 0 bridgehead atoms. The van der Waals surface area contributed by atoms with Gasteiger partial charge >= 0.3 is 0 Å². The summed E-state index contributed by atoms with van der Waals surface area (Å²) in [6.45, 7) is 4.07. The van der Waals surface area contributed by atoms with Crippen LogP contribution < -0.4 is 5.73 Å². The van der Waals surface area contributed by atoms with Crippen LogP contribution in [0.2, 0.25) is 0 Å². The predicted molar refractivity (Wildman–Crippen MR) is 82.9 cm³/mol. The van der Waals surface area contributed by atoms with Crippen LogP contribution in [-0.2, 0) is 11.3 Å². The van der Waals surface area contributed by atoms with Gasteiger partial charge in [0.05, 0.1) is 12.2 Å². The number of aromatic nitrogens is 2. The topological polar surface area (TPSA) is 64.2 Å². The highest BCUT2D eigenvalue weighted by atomic mass is 16.1. The second kappa shape index (κ2) is 7.59. The maximum absolute atomic E-state index is 11.1. The molecular formula is C16H22N4O. The summed E-state index contributed by atoms with van der Waals surface area (Å²) in [7, 11) is 0. The van der Waals surface area contributed by atoms with Crippen LogP contribution in [0.1, 0.15) is 25.3 Å². The summed E-state index contributed by atoms with van der Waals surface area (Å²) in [6.07, 6.45) is 5.84. The average molecular weight is 286 g/mol. The number of carbonyl (C=O) groups is 1. The molecule has 0 saturated carbocycles. The Hall–Kier alpha value is -2.14. The smallest absolute Gasteiger partial charge is 0.231 e. The van der Waals surface area contributed by atoms with Crippen LogP contribution in [0.15, 0.2) is 42.7 Å². The Morgan fingerprint density at radius 2 is 2.10 bits per heavy atom. The number of unbranched alkanes of at least 4 members (excludes halogenated alkanes) is 1. The van der Waals surface area contributed by atoms with Crippen LogP contribution in [0.4, 0.5) is 0 Å². The zero-order valence-corrected chi connectivity index (χ0v) is 12.4. The van der Waals surface area contributed by atoms with Gasteiger partial charge in [-0.2, -0.15) is 5.10 Å². The lowest BCUT2D eigenvalue weighted by Crippen LogP contribution is -2.34. The van der Waals surface area contributed by atoms with E-state index in [1.165, 1.54) is 5.56 Å². The molecule has 0 atom stereocenters. The number of carbonyl (C=O) groups excluding carboxylic acids is 1. The van der Waals surface area contributed by atoms with E-state index in [9.17, 15) is 4.79 Å². The molecule has 0 aliphatic heterocycles. The van der Waals surface area contributed by atoms with Crippen LogP contribution in [0.3, 0.4) is 0 Å². The maximum Gasteiger partial charge on any atom is 0.231 e. The zero-order chi connectivity index (χ0) is 15.1. The number of hydrogen-bond donors (Lipinski definition) is 1. The fourth-order valence-electron chi connectivity index (χ4n) is 2.25. The van der Waals surface area contributed by atoms with E-state index in [1.807, 2.05) is 29.1 Å². The van der Waals surface area contributed by atoms with Crippen LogP contribution in [-0.4, -0.2) is 33.7 Å². The van der Waals surface area contributed by atoms with Crippen molar-refractivity contribution in [1.82, 2.24) is 14.7 Å². The van der Waals surface area contributed by atoms with E-state index in [-0.39, 0.29) is 5.91 Å². The number of benzene rings is 1. The minimum absolute atomic E-state index is 0.278. The number of primary amides is 1. The lowest BCUT2D eigenvalue weighted by atomic mass is 10.2. The first kappa shape index (κ1) is 15.3. The summed E-state index contributed by atoms with van der Waals surface area (Å²) in [5.41, 5.74) is 7.51. The molecule has 1 aromatic heterocycles. The molecule has 5 nitrogen and oxygen atoms in total. The number of hydrogen-bond acceptors (Lipinski definition) is 3. The summed E-state index contributed by atoms with van der Waals surface area (Å²) >= 11 is 0. The Morgan fingerprint density at radius 1 is 1.33 bits per heavy atom. The van der Waals surface area contributed by atoms with E-state index in [1.54, 1.807) is 6.20 Å². The first-order valence-corrected chi connectivity index (χ1v) is 7.28. The number of rotatable bonds is 8. The summed E-state index contributed by atoms with van der Waals surface area (Å²) < 4.78 is 1.82. The van der Waals surface area contributed by atoms with Gasteiger partial charge in [0.1, 0.15) is 0 Å². The van der Waals surface area contributed by atoms with Crippen LogP contribution >= 0.6 is 0 Å². The third-order valence-corrected chi connectivity index (χ3v) is 3.32. The van der Waals surface area contributed by atoms with Gasteiger partial charge in [-0.3, -0.25) is 9.69 Å². The standard InChI is InChI=1S/C16H22N4O/c1-2-3-10-19(13-16(17)21)12-14-5-7-15(8-6-14)20-11-4-9-18-20/h4-9,11H,2-3,10,12-13H2,1H3,(H2,17,21). The molecular weight excluding hydrogens is 264 g/mol. The normalized spacial score (nSPS) is 11.0. The molecule has 2 N–H and O–H groups in total. The van der Waals surface area contributed by atoms with E-state index in [0.717, 1.165) is 31.6 Å².